The van der Waals surface area contributed by atoms with Crippen molar-refractivity contribution >= 4 is 25.2 Å². The SMILES string of the molecule is CC(C)C(=O)OCCNP(=O)(OCC1OC(c2cnc3c(N)ncnn23)C(C)(F)C1O)Oc1ccccc1. The number of rotatable bonds is 11. The van der Waals surface area contributed by atoms with Crippen LogP contribution < -0.4 is 15.3 Å². The quantitative estimate of drug-likeness (QED) is 0.180. The summed E-state index contributed by atoms with van der Waals surface area (Å²) in [5.74, 6) is -0.402. The molecule has 0 aliphatic carbocycles. The van der Waals surface area contributed by atoms with Crippen molar-refractivity contribution < 1.29 is 37.4 Å². The van der Waals surface area contributed by atoms with Gasteiger partial charge in [-0.1, -0.05) is 32.0 Å². The number of nitrogens with two attached hydrogens (primary N) is 1. The molecule has 206 valence electrons. The fourth-order valence-electron chi connectivity index (χ4n) is 3.82. The number of anilines is 1. The number of aromatic nitrogens is 4. The maximum Gasteiger partial charge on any atom is 0.458 e. The van der Waals surface area contributed by atoms with Gasteiger partial charge in [0.25, 0.3) is 0 Å². The number of hydrogen-bond acceptors (Lipinski definition) is 11. The van der Waals surface area contributed by atoms with Crippen LogP contribution in [0.25, 0.3) is 5.65 Å². The largest absolute Gasteiger partial charge is 0.464 e. The number of ether oxygens (including phenoxy) is 2. The van der Waals surface area contributed by atoms with E-state index in [0.717, 1.165) is 0 Å². The van der Waals surface area contributed by atoms with E-state index in [1.165, 1.54) is 24.0 Å². The van der Waals surface area contributed by atoms with E-state index >= 15 is 4.39 Å². The molecule has 1 saturated heterocycles. The Hall–Kier alpha value is -3.16. The van der Waals surface area contributed by atoms with Gasteiger partial charge in [0.2, 0.25) is 0 Å². The number of nitrogens with zero attached hydrogens (tertiary/aromatic N) is 4. The average Bonchev–Trinajstić information content (AvgIpc) is 3.40. The van der Waals surface area contributed by atoms with Crippen LogP contribution in [0.15, 0.2) is 42.9 Å². The first-order valence-corrected chi connectivity index (χ1v) is 13.4. The number of fused-ring (bicyclic) bond motifs is 1. The summed E-state index contributed by atoms with van der Waals surface area (Å²) in [6.07, 6.45) is -1.66. The smallest absolute Gasteiger partial charge is 0.458 e. The second kappa shape index (κ2) is 11.3. The Balaban J connectivity index is 1.47. The van der Waals surface area contributed by atoms with E-state index in [2.05, 4.69) is 20.2 Å². The summed E-state index contributed by atoms with van der Waals surface area (Å²) in [7, 11) is -4.08. The number of imidazole rings is 1. The van der Waals surface area contributed by atoms with Crippen molar-refractivity contribution in [3.63, 3.8) is 0 Å². The van der Waals surface area contributed by atoms with Crippen molar-refractivity contribution in [1.29, 1.82) is 0 Å². The van der Waals surface area contributed by atoms with Gasteiger partial charge in [0.1, 0.15) is 37.0 Å². The lowest BCUT2D eigenvalue weighted by Gasteiger charge is -2.24. The highest BCUT2D eigenvalue weighted by Crippen LogP contribution is 2.48. The van der Waals surface area contributed by atoms with Gasteiger partial charge in [0.15, 0.2) is 17.1 Å². The van der Waals surface area contributed by atoms with Gasteiger partial charge in [-0.25, -0.2) is 28.5 Å². The van der Waals surface area contributed by atoms with Crippen molar-refractivity contribution in [3.8, 4) is 5.75 Å². The number of carbonyl (C=O) groups is 1. The molecule has 0 spiro atoms. The van der Waals surface area contributed by atoms with Crippen LogP contribution in [0.4, 0.5) is 10.2 Å². The number of para-hydroxylation sites is 1. The fraction of sp³-hybridized carbons (Fsp3) is 0.478. The lowest BCUT2D eigenvalue weighted by molar-refractivity contribution is -0.147. The molecule has 5 unspecified atom stereocenters. The number of carbonyl (C=O) groups excluding carboxylic acids is 1. The number of alkyl halides is 1. The maximum absolute atomic E-state index is 15.8. The Morgan fingerprint density at radius 2 is 2.08 bits per heavy atom. The van der Waals surface area contributed by atoms with Crippen molar-refractivity contribution in [2.45, 2.75) is 44.8 Å². The molecular weight excluding hydrogens is 522 g/mol. The molecule has 38 heavy (non-hydrogen) atoms. The van der Waals surface area contributed by atoms with E-state index in [1.807, 2.05) is 0 Å². The minimum absolute atomic E-state index is 0.0525. The number of aliphatic hydroxyl groups excluding tert-OH is 1. The third-order valence-electron chi connectivity index (χ3n) is 5.88. The second-order valence-electron chi connectivity index (χ2n) is 9.14. The standard InChI is InChI=1S/C23H30FN6O7P/c1-14(2)22(32)34-10-9-29-38(33,37-15-7-5-4-6-8-15)35-12-17-18(31)23(3,24)19(36-17)16-11-26-21-20(25)27-13-28-30(16)21/h4-8,11,13-14,17-19,31H,9-10,12H2,1-3H3,(H,29,33)(H2,25,27,28). The molecule has 3 aromatic rings. The number of halogens is 1. The van der Waals surface area contributed by atoms with Gasteiger partial charge in [-0.15, -0.1) is 0 Å². The van der Waals surface area contributed by atoms with E-state index in [0.29, 0.717) is 0 Å². The Bertz CT molecular complexity index is 1310. The number of nitrogen functional groups attached to an aromatic ring is 1. The molecule has 3 heterocycles. The highest BCUT2D eigenvalue weighted by atomic mass is 31.2. The minimum atomic E-state index is -4.08. The zero-order valence-corrected chi connectivity index (χ0v) is 22.0. The summed E-state index contributed by atoms with van der Waals surface area (Å²) in [5.41, 5.74) is 3.94. The van der Waals surface area contributed by atoms with Gasteiger partial charge in [-0.05, 0) is 19.1 Å². The second-order valence-corrected chi connectivity index (χ2v) is 10.9. The molecule has 4 rings (SSSR count). The summed E-state index contributed by atoms with van der Waals surface area (Å²) in [4.78, 5) is 19.7. The Labute approximate surface area is 218 Å². The lowest BCUT2D eigenvalue weighted by atomic mass is 9.93. The van der Waals surface area contributed by atoms with Gasteiger partial charge in [0.05, 0.1) is 24.4 Å². The Kier molecular flexibility index (Phi) is 8.28. The average molecular weight is 553 g/mol. The van der Waals surface area contributed by atoms with Crippen molar-refractivity contribution in [3.05, 3.63) is 48.5 Å². The molecule has 1 aliphatic heterocycles. The molecule has 0 saturated carbocycles. The molecular formula is C23H30FN6O7P. The number of aliphatic hydroxyl groups is 1. The normalized spacial score (nSPS) is 24.9. The predicted molar refractivity (Wildman–Crippen MR) is 133 cm³/mol. The maximum atomic E-state index is 15.8. The topological polar surface area (TPSA) is 172 Å². The summed E-state index contributed by atoms with van der Waals surface area (Å²) >= 11 is 0. The molecule has 0 bridgehead atoms. The molecule has 0 amide bonds. The zero-order chi connectivity index (χ0) is 27.5. The Morgan fingerprint density at radius 3 is 2.79 bits per heavy atom. The summed E-state index contributed by atoms with van der Waals surface area (Å²) in [6.45, 7) is 3.92. The van der Waals surface area contributed by atoms with E-state index in [9.17, 15) is 14.5 Å². The van der Waals surface area contributed by atoms with Gasteiger partial charge >= 0.3 is 13.7 Å². The molecule has 13 nitrogen and oxygen atoms in total. The molecule has 4 N–H and O–H groups in total. The minimum Gasteiger partial charge on any atom is -0.464 e. The Morgan fingerprint density at radius 1 is 1.34 bits per heavy atom. The number of benzene rings is 1. The highest BCUT2D eigenvalue weighted by Gasteiger charge is 2.56. The third kappa shape index (κ3) is 5.94. The van der Waals surface area contributed by atoms with E-state index in [4.69, 9.17) is 24.3 Å². The van der Waals surface area contributed by atoms with E-state index in [1.54, 1.807) is 44.2 Å². The number of esters is 1. The molecule has 1 fully saturated rings. The van der Waals surface area contributed by atoms with Crippen LogP contribution in [-0.4, -0.2) is 68.3 Å². The highest BCUT2D eigenvalue weighted by molar-refractivity contribution is 7.52. The molecule has 0 radical (unpaired) electrons. The van der Waals surface area contributed by atoms with Crippen LogP contribution in [0.1, 0.15) is 32.6 Å². The van der Waals surface area contributed by atoms with Crippen LogP contribution in [0.5, 0.6) is 5.75 Å². The third-order valence-corrected chi connectivity index (χ3v) is 7.43. The first-order chi connectivity index (χ1) is 18.0. The van der Waals surface area contributed by atoms with Crippen LogP contribution in [0, 0.1) is 5.92 Å². The summed E-state index contributed by atoms with van der Waals surface area (Å²) in [6, 6.07) is 8.26. The lowest BCUT2D eigenvalue weighted by Crippen LogP contribution is -2.40. The van der Waals surface area contributed by atoms with Crippen molar-refractivity contribution in [2.24, 2.45) is 5.92 Å². The van der Waals surface area contributed by atoms with Crippen LogP contribution >= 0.6 is 7.75 Å². The first kappa shape index (κ1) is 27.9. The van der Waals surface area contributed by atoms with Crippen molar-refractivity contribution in [1.82, 2.24) is 24.7 Å². The van der Waals surface area contributed by atoms with Gasteiger partial charge in [0, 0.05) is 6.54 Å². The molecule has 2 aromatic heterocycles. The van der Waals surface area contributed by atoms with Gasteiger partial charge in [-0.2, -0.15) is 5.10 Å². The van der Waals surface area contributed by atoms with Crippen LogP contribution in [0.3, 0.4) is 0 Å². The number of hydrogen-bond donors (Lipinski definition) is 3. The molecule has 1 aromatic carbocycles. The van der Waals surface area contributed by atoms with Gasteiger partial charge in [-0.3, -0.25) is 9.32 Å². The molecule has 5 atom stereocenters. The monoisotopic (exact) mass is 552 g/mol. The van der Waals surface area contributed by atoms with E-state index in [-0.39, 0.29) is 42.0 Å². The van der Waals surface area contributed by atoms with Gasteiger partial charge < -0.3 is 24.8 Å². The summed E-state index contributed by atoms with van der Waals surface area (Å²) in [5, 5.41) is 17.4. The van der Waals surface area contributed by atoms with Crippen molar-refractivity contribution in [2.75, 3.05) is 25.5 Å². The predicted octanol–water partition coefficient (Wildman–Crippen LogP) is 2.23. The summed E-state index contributed by atoms with van der Waals surface area (Å²) < 4.78 is 52.6. The first-order valence-electron chi connectivity index (χ1n) is 11.9. The zero-order valence-electron chi connectivity index (χ0n) is 21.1. The molecule has 15 heteroatoms. The van der Waals surface area contributed by atoms with Crippen LogP contribution in [0.2, 0.25) is 0 Å². The van der Waals surface area contributed by atoms with E-state index < -0.39 is 44.3 Å². The number of nitrogens with one attached hydrogen (secondary N) is 1. The molecule has 1 aliphatic rings. The van der Waals surface area contributed by atoms with Crippen LogP contribution in [-0.2, 0) is 23.4 Å². The fourth-order valence-corrected chi connectivity index (χ4v) is 5.13.